The first-order chi connectivity index (χ1) is 8.18. The molecule has 2 rings (SSSR count). The Morgan fingerprint density at radius 2 is 2.12 bits per heavy atom. The highest BCUT2D eigenvalue weighted by Crippen LogP contribution is 2.24. The number of thioether (sulfide) groups is 1. The summed E-state index contributed by atoms with van der Waals surface area (Å²) in [6.07, 6.45) is 1.76. The van der Waals surface area contributed by atoms with Crippen LogP contribution in [0.15, 0.2) is 41.7 Å². The number of aliphatic carboxylic acids is 1. The largest absolute Gasteiger partial charge is 0.481 e. The Hall–Kier alpha value is -1.75. The predicted octanol–water partition coefficient (Wildman–Crippen LogP) is 2.26. The summed E-state index contributed by atoms with van der Waals surface area (Å²) >= 11 is 1.22. The average Bonchev–Trinajstić information content (AvgIpc) is 2.69. The van der Waals surface area contributed by atoms with Crippen LogP contribution in [0.1, 0.15) is 0 Å². The molecule has 0 amide bonds. The van der Waals surface area contributed by atoms with E-state index in [1.54, 1.807) is 6.20 Å². The topological polar surface area (TPSA) is 55.1 Å². The summed E-state index contributed by atoms with van der Waals surface area (Å²) < 4.78 is 1.91. The molecular weight excluding hydrogens is 236 g/mol. The Morgan fingerprint density at radius 1 is 1.41 bits per heavy atom. The van der Waals surface area contributed by atoms with Gasteiger partial charge in [0.15, 0.2) is 5.16 Å². The second-order valence-electron chi connectivity index (χ2n) is 3.53. The van der Waals surface area contributed by atoms with Crippen LogP contribution < -0.4 is 0 Å². The number of carboxylic acid groups (broad SMARTS) is 1. The van der Waals surface area contributed by atoms with Gasteiger partial charge in [0, 0.05) is 7.05 Å². The first-order valence-electron chi connectivity index (χ1n) is 5.10. The Bertz CT molecular complexity index is 523. The van der Waals surface area contributed by atoms with Crippen molar-refractivity contribution < 1.29 is 9.90 Å². The molecule has 0 saturated carbocycles. The predicted molar refractivity (Wildman–Crippen MR) is 67.0 cm³/mol. The minimum Gasteiger partial charge on any atom is -0.481 e. The zero-order valence-electron chi connectivity index (χ0n) is 9.33. The highest BCUT2D eigenvalue weighted by Gasteiger charge is 2.09. The summed E-state index contributed by atoms with van der Waals surface area (Å²) in [7, 11) is 1.89. The van der Waals surface area contributed by atoms with Crippen LogP contribution >= 0.6 is 11.8 Å². The van der Waals surface area contributed by atoms with E-state index >= 15 is 0 Å². The van der Waals surface area contributed by atoms with Crippen molar-refractivity contribution in [3.8, 4) is 11.3 Å². The summed E-state index contributed by atoms with van der Waals surface area (Å²) in [5.74, 6) is -0.807. The van der Waals surface area contributed by atoms with E-state index in [2.05, 4.69) is 4.98 Å². The number of rotatable bonds is 4. The van der Waals surface area contributed by atoms with Gasteiger partial charge in [-0.3, -0.25) is 4.79 Å². The van der Waals surface area contributed by atoms with Gasteiger partial charge in [-0.15, -0.1) is 0 Å². The molecule has 1 heterocycles. The molecule has 1 aromatic carbocycles. The Kier molecular flexibility index (Phi) is 3.49. The van der Waals surface area contributed by atoms with Gasteiger partial charge in [-0.2, -0.15) is 0 Å². The standard InChI is InChI=1S/C12H12N2O2S/c1-14-10(9-5-3-2-4-6-9)7-13-12(14)17-8-11(15)16/h2-7H,8H2,1H3,(H,15,16). The van der Waals surface area contributed by atoms with Gasteiger partial charge in [0.25, 0.3) is 0 Å². The Labute approximate surface area is 103 Å². The fourth-order valence-electron chi connectivity index (χ4n) is 1.53. The van der Waals surface area contributed by atoms with Gasteiger partial charge < -0.3 is 9.67 Å². The molecule has 0 aliphatic carbocycles. The number of aromatic nitrogens is 2. The molecule has 0 saturated heterocycles. The minimum absolute atomic E-state index is 0.0269. The fraction of sp³-hybridized carbons (Fsp3) is 0.167. The van der Waals surface area contributed by atoms with Crippen LogP contribution in [0.5, 0.6) is 0 Å². The van der Waals surface area contributed by atoms with Crippen LogP contribution in [0.25, 0.3) is 11.3 Å². The summed E-state index contributed by atoms with van der Waals surface area (Å²) in [4.78, 5) is 14.7. The van der Waals surface area contributed by atoms with Crippen molar-refractivity contribution in [1.82, 2.24) is 9.55 Å². The molecular formula is C12H12N2O2S. The number of benzene rings is 1. The van der Waals surface area contributed by atoms with E-state index in [-0.39, 0.29) is 5.75 Å². The molecule has 2 aromatic rings. The lowest BCUT2D eigenvalue weighted by Gasteiger charge is -2.04. The van der Waals surface area contributed by atoms with Gasteiger partial charge >= 0.3 is 5.97 Å². The normalized spacial score (nSPS) is 10.4. The highest BCUT2D eigenvalue weighted by atomic mass is 32.2. The van der Waals surface area contributed by atoms with Crippen molar-refractivity contribution in [3.63, 3.8) is 0 Å². The van der Waals surface area contributed by atoms with E-state index < -0.39 is 5.97 Å². The van der Waals surface area contributed by atoms with Crippen LogP contribution in [-0.4, -0.2) is 26.4 Å². The van der Waals surface area contributed by atoms with E-state index in [1.807, 2.05) is 41.9 Å². The molecule has 1 aromatic heterocycles. The van der Waals surface area contributed by atoms with Crippen LogP contribution in [0.4, 0.5) is 0 Å². The molecule has 5 heteroatoms. The van der Waals surface area contributed by atoms with Crippen molar-refractivity contribution in [2.24, 2.45) is 7.05 Å². The third kappa shape index (κ3) is 2.68. The molecule has 0 aliphatic heterocycles. The summed E-state index contributed by atoms with van der Waals surface area (Å²) in [6, 6.07) is 9.89. The number of nitrogens with zero attached hydrogens (tertiary/aromatic N) is 2. The Morgan fingerprint density at radius 3 is 2.76 bits per heavy atom. The summed E-state index contributed by atoms with van der Waals surface area (Å²) in [5, 5.41) is 9.35. The van der Waals surface area contributed by atoms with Crippen molar-refractivity contribution in [2.45, 2.75) is 5.16 Å². The molecule has 0 fully saturated rings. The molecule has 1 N–H and O–H groups in total. The van der Waals surface area contributed by atoms with Gasteiger partial charge in [-0.05, 0) is 5.56 Å². The van der Waals surface area contributed by atoms with E-state index in [1.165, 1.54) is 11.8 Å². The molecule has 4 nitrogen and oxygen atoms in total. The molecule has 0 unspecified atom stereocenters. The second-order valence-corrected chi connectivity index (χ2v) is 4.48. The van der Waals surface area contributed by atoms with Crippen LogP contribution in [0.2, 0.25) is 0 Å². The first-order valence-corrected chi connectivity index (χ1v) is 6.09. The smallest absolute Gasteiger partial charge is 0.313 e. The number of imidazole rings is 1. The van der Waals surface area contributed by atoms with E-state index in [9.17, 15) is 4.79 Å². The number of hydrogen-bond acceptors (Lipinski definition) is 3. The van der Waals surface area contributed by atoms with E-state index in [0.717, 1.165) is 11.3 Å². The third-order valence-electron chi connectivity index (χ3n) is 2.34. The van der Waals surface area contributed by atoms with Gasteiger partial charge in [0.1, 0.15) is 0 Å². The fourth-order valence-corrected chi connectivity index (χ4v) is 2.20. The number of carboxylic acids is 1. The quantitative estimate of drug-likeness (QED) is 0.843. The number of hydrogen-bond donors (Lipinski definition) is 1. The maximum absolute atomic E-state index is 10.5. The third-order valence-corrected chi connectivity index (χ3v) is 3.37. The van der Waals surface area contributed by atoms with Crippen LogP contribution in [0, 0.1) is 0 Å². The highest BCUT2D eigenvalue weighted by molar-refractivity contribution is 7.99. The van der Waals surface area contributed by atoms with Gasteiger partial charge in [0.2, 0.25) is 0 Å². The summed E-state index contributed by atoms with van der Waals surface area (Å²) in [5.41, 5.74) is 2.06. The molecule has 0 aliphatic rings. The molecule has 0 bridgehead atoms. The molecule has 0 radical (unpaired) electrons. The van der Waals surface area contributed by atoms with E-state index in [0.29, 0.717) is 5.16 Å². The second kappa shape index (κ2) is 5.05. The van der Waals surface area contributed by atoms with Crippen LogP contribution in [-0.2, 0) is 11.8 Å². The SMILES string of the molecule is Cn1c(-c2ccccc2)cnc1SCC(=O)O. The molecule has 0 spiro atoms. The minimum atomic E-state index is -0.834. The zero-order chi connectivity index (χ0) is 12.3. The van der Waals surface area contributed by atoms with E-state index in [4.69, 9.17) is 5.11 Å². The van der Waals surface area contributed by atoms with Crippen molar-refractivity contribution in [2.75, 3.05) is 5.75 Å². The maximum Gasteiger partial charge on any atom is 0.313 e. The van der Waals surface area contributed by atoms with Gasteiger partial charge in [-0.1, -0.05) is 42.1 Å². The maximum atomic E-state index is 10.5. The lowest BCUT2D eigenvalue weighted by atomic mass is 10.2. The monoisotopic (exact) mass is 248 g/mol. The summed E-state index contributed by atoms with van der Waals surface area (Å²) in [6.45, 7) is 0. The molecule has 0 atom stereocenters. The van der Waals surface area contributed by atoms with Crippen molar-refractivity contribution in [3.05, 3.63) is 36.5 Å². The number of carbonyl (C=O) groups is 1. The first kappa shape index (κ1) is 11.7. The molecule has 17 heavy (non-hydrogen) atoms. The molecule has 88 valence electrons. The zero-order valence-corrected chi connectivity index (χ0v) is 10.1. The van der Waals surface area contributed by atoms with Gasteiger partial charge in [0.05, 0.1) is 17.6 Å². The average molecular weight is 248 g/mol. The lowest BCUT2D eigenvalue weighted by molar-refractivity contribution is -0.133. The van der Waals surface area contributed by atoms with Gasteiger partial charge in [-0.25, -0.2) is 4.98 Å². The van der Waals surface area contributed by atoms with Crippen molar-refractivity contribution in [1.29, 1.82) is 0 Å². The van der Waals surface area contributed by atoms with Crippen LogP contribution in [0.3, 0.4) is 0 Å². The van der Waals surface area contributed by atoms with Crippen molar-refractivity contribution >= 4 is 17.7 Å². The Balaban J connectivity index is 2.24. The lowest BCUT2D eigenvalue weighted by Crippen LogP contribution is -2.00.